The molecule has 2 aromatic rings. The summed E-state index contributed by atoms with van der Waals surface area (Å²) in [6.07, 6.45) is 2.35. The summed E-state index contributed by atoms with van der Waals surface area (Å²) < 4.78 is 2.95. The average molecular weight is 349 g/mol. The van der Waals surface area contributed by atoms with Gasteiger partial charge in [0, 0.05) is 13.5 Å². The van der Waals surface area contributed by atoms with E-state index in [0.29, 0.717) is 18.3 Å². The lowest BCUT2D eigenvalue weighted by molar-refractivity contribution is 0.146. The van der Waals surface area contributed by atoms with Gasteiger partial charge in [-0.3, -0.25) is 4.68 Å². The highest BCUT2D eigenvalue weighted by Gasteiger charge is 2.43. The van der Waals surface area contributed by atoms with Gasteiger partial charge in [-0.25, -0.2) is 0 Å². The van der Waals surface area contributed by atoms with Crippen LogP contribution < -0.4 is 0 Å². The van der Waals surface area contributed by atoms with Crippen LogP contribution in [0.1, 0.15) is 36.2 Å². The minimum absolute atomic E-state index is 0.299. The van der Waals surface area contributed by atoms with E-state index >= 15 is 0 Å². The maximum absolute atomic E-state index is 10.5. The zero-order valence-corrected chi connectivity index (χ0v) is 14.0. The fourth-order valence-electron chi connectivity index (χ4n) is 3.11. The van der Waals surface area contributed by atoms with Gasteiger partial charge in [-0.1, -0.05) is 37.3 Å². The molecule has 0 amide bonds. The first-order valence-electron chi connectivity index (χ1n) is 7.55. The first kappa shape index (κ1) is 14.8. The molecule has 4 heteroatoms. The van der Waals surface area contributed by atoms with Crippen molar-refractivity contribution in [1.29, 1.82) is 0 Å². The monoisotopic (exact) mass is 348 g/mol. The fraction of sp³-hybridized carbons (Fsp3) is 0.471. The van der Waals surface area contributed by atoms with Crippen LogP contribution in [0.4, 0.5) is 0 Å². The molecule has 3 atom stereocenters. The Balaban J connectivity index is 1.68. The summed E-state index contributed by atoms with van der Waals surface area (Å²) in [4.78, 5) is 0. The van der Waals surface area contributed by atoms with Crippen molar-refractivity contribution in [2.24, 2.45) is 13.0 Å². The molecule has 1 aromatic heterocycles. The maximum Gasteiger partial charge on any atom is 0.0766 e. The minimum atomic E-state index is -0.299. The number of aromatic nitrogens is 2. The minimum Gasteiger partial charge on any atom is -0.392 e. The van der Waals surface area contributed by atoms with Crippen molar-refractivity contribution >= 4 is 15.9 Å². The molecule has 1 N–H and O–H groups in total. The molecule has 1 aliphatic rings. The molecule has 0 radical (unpaired) electrons. The third-order valence-corrected chi connectivity index (χ3v) is 5.38. The molecule has 0 spiro atoms. The lowest BCUT2D eigenvalue weighted by Crippen LogP contribution is -2.16. The van der Waals surface area contributed by atoms with Gasteiger partial charge in [0.25, 0.3) is 0 Å². The van der Waals surface area contributed by atoms with E-state index in [1.54, 1.807) is 0 Å². The van der Waals surface area contributed by atoms with E-state index in [-0.39, 0.29) is 6.10 Å². The Kier molecular flexibility index (Phi) is 4.18. The van der Waals surface area contributed by atoms with Crippen LogP contribution in [0.25, 0.3) is 0 Å². The topological polar surface area (TPSA) is 38.0 Å². The molecule has 3 unspecified atom stereocenters. The van der Waals surface area contributed by atoms with Crippen molar-refractivity contribution in [3.8, 4) is 0 Å². The first-order valence-corrected chi connectivity index (χ1v) is 8.34. The highest BCUT2D eigenvalue weighted by molar-refractivity contribution is 9.10. The number of rotatable bonds is 5. The van der Waals surface area contributed by atoms with Gasteiger partial charge >= 0.3 is 0 Å². The van der Waals surface area contributed by atoms with Crippen LogP contribution in [0.15, 0.2) is 34.8 Å². The molecule has 0 aliphatic heterocycles. The van der Waals surface area contributed by atoms with Crippen LogP contribution in [0.3, 0.4) is 0 Å². The Hall–Kier alpha value is -1.13. The molecule has 0 bridgehead atoms. The fourth-order valence-corrected chi connectivity index (χ4v) is 3.89. The Bertz CT molecular complexity index is 623. The number of halogens is 1. The van der Waals surface area contributed by atoms with Crippen LogP contribution >= 0.6 is 15.9 Å². The summed E-state index contributed by atoms with van der Waals surface area (Å²) in [5, 5.41) is 15.0. The van der Waals surface area contributed by atoms with Crippen molar-refractivity contribution in [1.82, 2.24) is 9.78 Å². The van der Waals surface area contributed by atoms with Gasteiger partial charge < -0.3 is 5.11 Å². The van der Waals surface area contributed by atoms with Gasteiger partial charge in [-0.05, 0) is 46.2 Å². The van der Waals surface area contributed by atoms with Gasteiger partial charge in [0.05, 0.1) is 22.0 Å². The van der Waals surface area contributed by atoms with E-state index in [2.05, 4.69) is 52.2 Å². The van der Waals surface area contributed by atoms with Crippen LogP contribution in [0.5, 0.6) is 0 Å². The van der Waals surface area contributed by atoms with E-state index in [0.717, 1.165) is 28.7 Å². The third kappa shape index (κ3) is 2.92. The van der Waals surface area contributed by atoms with E-state index in [1.165, 1.54) is 5.56 Å². The molecule has 3 rings (SSSR count). The summed E-state index contributed by atoms with van der Waals surface area (Å²) in [7, 11) is 1.95. The van der Waals surface area contributed by atoms with Crippen LogP contribution in [0.2, 0.25) is 0 Å². The Morgan fingerprint density at radius 3 is 2.71 bits per heavy atom. The van der Waals surface area contributed by atoms with Crippen molar-refractivity contribution in [2.45, 2.75) is 38.2 Å². The molecular formula is C17H21BrN2O. The predicted molar refractivity (Wildman–Crippen MR) is 87.3 cm³/mol. The smallest absolute Gasteiger partial charge is 0.0766 e. The Morgan fingerprint density at radius 2 is 2.10 bits per heavy atom. The number of benzene rings is 1. The second-order valence-electron chi connectivity index (χ2n) is 5.87. The van der Waals surface area contributed by atoms with E-state index in [9.17, 15) is 5.11 Å². The Morgan fingerprint density at radius 1 is 1.38 bits per heavy atom. The van der Waals surface area contributed by atoms with E-state index < -0.39 is 0 Å². The summed E-state index contributed by atoms with van der Waals surface area (Å²) in [5.41, 5.74) is 3.51. The van der Waals surface area contributed by atoms with Crippen LogP contribution in [-0.2, 0) is 19.9 Å². The quantitative estimate of drug-likeness (QED) is 0.898. The highest BCUT2D eigenvalue weighted by Crippen LogP contribution is 2.50. The van der Waals surface area contributed by atoms with E-state index in [1.807, 2.05) is 17.8 Å². The molecule has 1 heterocycles. The molecule has 112 valence electrons. The van der Waals surface area contributed by atoms with Crippen molar-refractivity contribution in [2.75, 3.05) is 0 Å². The molecule has 1 aliphatic carbocycles. The second kappa shape index (κ2) is 5.93. The molecule has 21 heavy (non-hydrogen) atoms. The summed E-state index contributed by atoms with van der Waals surface area (Å²) in [6, 6.07) is 10.5. The van der Waals surface area contributed by atoms with Crippen LogP contribution in [-0.4, -0.2) is 21.0 Å². The van der Waals surface area contributed by atoms with Crippen LogP contribution in [0, 0.1) is 5.92 Å². The van der Waals surface area contributed by atoms with Gasteiger partial charge in [0.2, 0.25) is 0 Å². The SMILES string of the molecule is CCc1nn(C)c(CC(O)C2CC2c2ccccc2)c1Br. The van der Waals surface area contributed by atoms with Crippen molar-refractivity contribution < 1.29 is 5.11 Å². The predicted octanol–water partition coefficient (Wildman–Crippen LogP) is 3.45. The highest BCUT2D eigenvalue weighted by atomic mass is 79.9. The number of hydrogen-bond donors (Lipinski definition) is 1. The zero-order valence-electron chi connectivity index (χ0n) is 12.5. The largest absolute Gasteiger partial charge is 0.392 e. The van der Waals surface area contributed by atoms with Gasteiger partial charge in [-0.15, -0.1) is 0 Å². The van der Waals surface area contributed by atoms with Gasteiger partial charge in [-0.2, -0.15) is 5.10 Å². The third-order valence-electron chi connectivity index (χ3n) is 4.47. The summed E-state index contributed by atoms with van der Waals surface area (Å²) in [6.45, 7) is 2.10. The standard InChI is InChI=1S/C17H21BrN2O/c1-3-14-17(18)15(20(2)19-14)10-16(21)13-9-12(13)11-7-5-4-6-8-11/h4-8,12-13,16,21H,3,9-10H2,1-2H3. The van der Waals surface area contributed by atoms with Gasteiger partial charge in [0.15, 0.2) is 0 Å². The van der Waals surface area contributed by atoms with E-state index in [4.69, 9.17) is 0 Å². The lowest BCUT2D eigenvalue weighted by Gasteiger charge is -2.11. The number of aliphatic hydroxyl groups excluding tert-OH is 1. The zero-order chi connectivity index (χ0) is 15.0. The Labute approximate surface area is 134 Å². The number of hydrogen-bond acceptors (Lipinski definition) is 2. The molecular weight excluding hydrogens is 328 g/mol. The number of aryl methyl sites for hydroxylation is 2. The molecule has 1 fully saturated rings. The molecule has 1 aromatic carbocycles. The number of nitrogens with zero attached hydrogens (tertiary/aromatic N) is 2. The van der Waals surface area contributed by atoms with Crippen molar-refractivity contribution in [3.05, 3.63) is 51.8 Å². The molecule has 1 saturated carbocycles. The molecule has 0 saturated heterocycles. The number of aliphatic hydroxyl groups is 1. The maximum atomic E-state index is 10.5. The van der Waals surface area contributed by atoms with Crippen molar-refractivity contribution in [3.63, 3.8) is 0 Å². The first-order chi connectivity index (χ1) is 10.1. The average Bonchev–Trinajstić information content (AvgIpc) is 3.26. The normalized spacial score (nSPS) is 22.3. The lowest BCUT2D eigenvalue weighted by atomic mass is 10.0. The summed E-state index contributed by atoms with van der Waals surface area (Å²) in [5.74, 6) is 0.887. The second-order valence-corrected chi connectivity index (χ2v) is 6.67. The molecule has 3 nitrogen and oxygen atoms in total. The van der Waals surface area contributed by atoms with Gasteiger partial charge in [0.1, 0.15) is 0 Å². The summed E-state index contributed by atoms with van der Waals surface area (Å²) >= 11 is 3.63.